The molecule has 0 unspecified atom stereocenters. The van der Waals surface area contributed by atoms with Crippen molar-refractivity contribution in [1.29, 1.82) is 0 Å². The Labute approximate surface area is 214 Å². The van der Waals surface area contributed by atoms with Gasteiger partial charge in [0, 0.05) is 24.8 Å². The van der Waals surface area contributed by atoms with Crippen LogP contribution in [0.15, 0.2) is 70.9 Å². The van der Waals surface area contributed by atoms with Crippen LogP contribution in [0.5, 0.6) is 10.9 Å². The summed E-state index contributed by atoms with van der Waals surface area (Å²) in [5.41, 5.74) is 4.43. The Kier molecular flexibility index (Phi) is 7.23. The molecule has 4 aromatic rings. The molecule has 1 saturated heterocycles. The summed E-state index contributed by atoms with van der Waals surface area (Å²) in [6.07, 6.45) is 5.75. The molecule has 1 aliphatic heterocycles. The average molecular weight is 501 g/mol. The molecule has 0 saturated carbocycles. The van der Waals surface area contributed by atoms with Crippen LogP contribution < -0.4 is 9.64 Å². The van der Waals surface area contributed by atoms with E-state index in [0.29, 0.717) is 5.69 Å². The summed E-state index contributed by atoms with van der Waals surface area (Å²) in [5.74, 6) is -0.887. The van der Waals surface area contributed by atoms with Crippen molar-refractivity contribution in [3.05, 3.63) is 71.8 Å². The zero-order chi connectivity index (χ0) is 24.9. The molecule has 1 aliphatic rings. The van der Waals surface area contributed by atoms with Crippen LogP contribution in [-0.4, -0.2) is 29.1 Å². The predicted molar refractivity (Wildman–Crippen MR) is 143 cm³/mol. The van der Waals surface area contributed by atoms with Gasteiger partial charge in [0.05, 0.1) is 21.6 Å². The molecular formula is C28H28N4O3S. The summed E-state index contributed by atoms with van der Waals surface area (Å²) in [6.45, 7) is 4.35. The molecule has 0 spiro atoms. The minimum absolute atomic E-state index is 0.0480. The Morgan fingerprint density at radius 1 is 1.03 bits per heavy atom. The second-order valence-corrected chi connectivity index (χ2v) is 9.88. The summed E-state index contributed by atoms with van der Waals surface area (Å²) in [4.78, 5) is 19.4. The van der Waals surface area contributed by atoms with E-state index in [1.807, 2.05) is 30.3 Å². The number of hydrogen-bond donors (Lipinski definition) is 1. The lowest BCUT2D eigenvalue weighted by molar-refractivity contribution is 0.0731. The molecule has 0 bridgehead atoms. The Morgan fingerprint density at radius 3 is 2.53 bits per heavy atom. The Hall–Kier alpha value is -3.78. The van der Waals surface area contributed by atoms with Crippen molar-refractivity contribution in [3.8, 4) is 10.9 Å². The molecule has 5 rings (SSSR count). The minimum Gasteiger partial charge on any atom is -0.507 e. The van der Waals surface area contributed by atoms with Crippen molar-refractivity contribution in [3.63, 3.8) is 0 Å². The number of ether oxygens (including phenoxy) is 1. The van der Waals surface area contributed by atoms with Crippen LogP contribution in [0.25, 0.3) is 10.2 Å². The highest BCUT2D eigenvalue weighted by Crippen LogP contribution is 2.32. The van der Waals surface area contributed by atoms with Gasteiger partial charge in [0.15, 0.2) is 0 Å². The van der Waals surface area contributed by atoms with Crippen LogP contribution in [0.1, 0.15) is 48.5 Å². The number of aromatic hydroxyl groups is 1. The summed E-state index contributed by atoms with van der Waals surface area (Å²) in [6, 6.07) is 18.6. The molecule has 7 nitrogen and oxygen atoms in total. The molecule has 2 heterocycles. The highest BCUT2D eigenvalue weighted by molar-refractivity contribution is 7.20. The quantitative estimate of drug-likeness (QED) is 0.199. The van der Waals surface area contributed by atoms with E-state index in [1.54, 1.807) is 6.07 Å². The predicted octanol–water partition coefficient (Wildman–Crippen LogP) is 7.58. The molecule has 184 valence electrons. The molecule has 3 aromatic carbocycles. The number of unbranched alkanes of at least 4 members (excludes halogenated alkanes) is 1. The Bertz CT molecular complexity index is 1390. The average Bonchev–Trinajstić information content (AvgIpc) is 3.56. The first-order valence-electron chi connectivity index (χ1n) is 12.3. The van der Waals surface area contributed by atoms with Gasteiger partial charge in [0.1, 0.15) is 11.3 Å². The van der Waals surface area contributed by atoms with Crippen LogP contribution in [0.4, 0.5) is 17.1 Å². The van der Waals surface area contributed by atoms with E-state index in [9.17, 15) is 9.90 Å². The maximum absolute atomic E-state index is 12.7. The lowest BCUT2D eigenvalue weighted by Crippen LogP contribution is -2.17. The second-order valence-electron chi connectivity index (χ2n) is 8.89. The second kappa shape index (κ2) is 10.9. The molecule has 0 amide bonds. The van der Waals surface area contributed by atoms with Crippen LogP contribution in [0.2, 0.25) is 0 Å². The molecule has 0 atom stereocenters. The first-order valence-corrected chi connectivity index (χ1v) is 13.1. The smallest absolute Gasteiger partial charge is 0.349 e. The zero-order valence-corrected chi connectivity index (χ0v) is 21.0. The topological polar surface area (TPSA) is 87.4 Å². The van der Waals surface area contributed by atoms with Gasteiger partial charge < -0.3 is 14.7 Å². The van der Waals surface area contributed by atoms with Gasteiger partial charge in [-0.05, 0) is 79.8 Å². The fourth-order valence-corrected chi connectivity index (χ4v) is 5.12. The number of anilines is 1. The first kappa shape index (κ1) is 23.9. The number of phenols is 1. The van der Waals surface area contributed by atoms with Crippen LogP contribution in [0.3, 0.4) is 0 Å². The SMILES string of the molecule is CCCCc1ccc2nc(OC(=O)c3ccc(N=Nc4ccc(N5CCCC5)cc4)cc3O)sc2c1. The number of esters is 1. The van der Waals surface area contributed by atoms with Crippen molar-refractivity contribution in [2.75, 3.05) is 18.0 Å². The Balaban J connectivity index is 1.24. The molecular weight excluding hydrogens is 472 g/mol. The number of fused-ring (bicyclic) bond motifs is 1. The maximum atomic E-state index is 12.7. The van der Waals surface area contributed by atoms with Crippen molar-refractivity contribution < 1.29 is 14.6 Å². The van der Waals surface area contributed by atoms with E-state index in [1.165, 1.54) is 47.6 Å². The fourth-order valence-electron chi connectivity index (χ4n) is 4.24. The highest BCUT2D eigenvalue weighted by atomic mass is 32.1. The van der Waals surface area contributed by atoms with Gasteiger partial charge in [0.2, 0.25) is 0 Å². The molecule has 0 aliphatic carbocycles. The van der Waals surface area contributed by atoms with Gasteiger partial charge in [-0.25, -0.2) is 9.78 Å². The number of carbonyl (C=O) groups excluding carboxylic acids is 1. The third kappa shape index (κ3) is 5.54. The molecule has 0 radical (unpaired) electrons. The van der Waals surface area contributed by atoms with E-state index in [0.717, 1.165) is 48.3 Å². The Morgan fingerprint density at radius 2 is 1.78 bits per heavy atom. The minimum atomic E-state index is -0.668. The number of rotatable bonds is 8. The number of aryl methyl sites for hydroxylation is 1. The fraction of sp³-hybridized carbons (Fsp3) is 0.286. The van der Waals surface area contributed by atoms with Crippen LogP contribution >= 0.6 is 11.3 Å². The van der Waals surface area contributed by atoms with E-state index in [2.05, 4.69) is 39.2 Å². The molecule has 1 fully saturated rings. The van der Waals surface area contributed by atoms with Gasteiger partial charge in [-0.1, -0.05) is 30.7 Å². The van der Waals surface area contributed by atoms with Gasteiger partial charge in [0.25, 0.3) is 5.19 Å². The molecule has 36 heavy (non-hydrogen) atoms. The maximum Gasteiger partial charge on any atom is 0.349 e. The summed E-state index contributed by atoms with van der Waals surface area (Å²) in [7, 11) is 0. The lowest BCUT2D eigenvalue weighted by atomic mass is 10.1. The van der Waals surface area contributed by atoms with Gasteiger partial charge in [-0.15, -0.1) is 0 Å². The summed E-state index contributed by atoms with van der Waals surface area (Å²) < 4.78 is 6.43. The molecule has 1 N–H and O–H groups in total. The number of benzene rings is 3. The third-order valence-electron chi connectivity index (χ3n) is 6.24. The number of azo groups is 1. The van der Waals surface area contributed by atoms with E-state index >= 15 is 0 Å². The summed E-state index contributed by atoms with van der Waals surface area (Å²) in [5, 5.41) is 19.1. The van der Waals surface area contributed by atoms with E-state index in [-0.39, 0.29) is 16.5 Å². The van der Waals surface area contributed by atoms with Crippen molar-refractivity contribution in [1.82, 2.24) is 4.98 Å². The summed E-state index contributed by atoms with van der Waals surface area (Å²) >= 11 is 1.32. The van der Waals surface area contributed by atoms with Crippen molar-refractivity contribution in [2.24, 2.45) is 10.2 Å². The number of aromatic nitrogens is 1. The monoisotopic (exact) mass is 500 g/mol. The number of thiazole rings is 1. The van der Waals surface area contributed by atoms with Crippen LogP contribution in [0, 0.1) is 0 Å². The highest BCUT2D eigenvalue weighted by Gasteiger charge is 2.17. The number of phenolic OH excluding ortho intramolecular Hbond substituents is 1. The number of nitrogens with zero attached hydrogens (tertiary/aromatic N) is 4. The van der Waals surface area contributed by atoms with Gasteiger partial charge >= 0.3 is 5.97 Å². The lowest BCUT2D eigenvalue weighted by Gasteiger charge is -2.17. The number of carbonyl (C=O) groups is 1. The van der Waals surface area contributed by atoms with Crippen molar-refractivity contribution >= 4 is 44.6 Å². The number of hydrogen-bond acceptors (Lipinski definition) is 8. The van der Waals surface area contributed by atoms with Crippen LogP contribution in [-0.2, 0) is 6.42 Å². The van der Waals surface area contributed by atoms with Gasteiger partial charge in [-0.2, -0.15) is 10.2 Å². The standard InChI is InChI=1S/C28H28N4O3S/c1-2-3-6-19-7-14-24-26(17-19)36-28(29-24)35-27(34)23-13-10-21(18-25(23)33)31-30-20-8-11-22(12-9-20)32-15-4-5-16-32/h7-14,17-18,33H,2-6,15-16H2,1H3. The van der Waals surface area contributed by atoms with E-state index < -0.39 is 5.97 Å². The first-order chi connectivity index (χ1) is 17.6. The largest absolute Gasteiger partial charge is 0.507 e. The normalized spacial score (nSPS) is 13.6. The van der Waals surface area contributed by atoms with E-state index in [4.69, 9.17) is 4.74 Å². The zero-order valence-electron chi connectivity index (χ0n) is 20.2. The van der Waals surface area contributed by atoms with Gasteiger partial charge in [-0.3, -0.25) is 0 Å². The third-order valence-corrected chi connectivity index (χ3v) is 7.13. The van der Waals surface area contributed by atoms with Crippen molar-refractivity contribution in [2.45, 2.75) is 39.0 Å². The molecule has 1 aromatic heterocycles. The molecule has 8 heteroatoms.